The summed E-state index contributed by atoms with van der Waals surface area (Å²) < 4.78 is 16.9. The standard InChI is InChI=1S/C63H114O6/c1-4-7-10-13-16-19-22-25-28-29-30-31-32-33-36-38-41-44-47-50-53-56-62(65)68-59-60(69-63(66)57-54-51-48-45-42-39-35-27-24-21-18-15-12-9-6-3)58-67-61(64)55-52-49-46-43-40-37-34-26-23-20-17-14-11-8-5-2/h22,25-27,29-30,34-35,60H,4-21,23-24,28,31-33,36-59H2,1-3H3/b25-22-,30-29-,34-26-,35-27-. The smallest absolute Gasteiger partial charge is 0.306 e. The van der Waals surface area contributed by atoms with Crippen molar-refractivity contribution in [3.63, 3.8) is 0 Å². The van der Waals surface area contributed by atoms with Crippen molar-refractivity contribution in [3.8, 4) is 0 Å². The van der Waals surface area contributed by atoms with Crippen LogP contribution >= 0.6 is 0 Å². The highest BCUT2D eigenvalue weighted by atomic mass is 16.6. The van der Waals surface area contributed by atoms with Crippen LogP contribution in [0.15, 0.2) is 48.6 Å². The summed E-state index contributed by atoms with van der Waals surface area (Å²) in [4.78, 5) is 38.2. The largest absolute Gasteiger partial charge is 0.462 e. The van der Waals surface area contributed by atoms with Crippen LogP contribution in [0.2, 0.25) is 0 Å². The van der Waals surface area contributed by atoms with Crippen molar-refractivity contribution in [3.05, 3.63) is 48.6 Å². The second kappa shape index (κ2) is 57.9. The molecule has 0 heterocycles. The first-order valence-electron chi connectivity index (χ1n) is 30.1. The molecule has 1 unspecified atom stereocenters. The quantitative estimate of drug-likeness (QED) is 0.0262. The lowest BCUT2D eigenvalue weighted by atomic mass is 10.1. The summed E-state index contributed by atoms with van der Waals surface area (Å²) in [7, 11) is 0. The number of carbonyl (C=O) groups excluding carboxylic acids is 3. The number of allylic oxidation sites excluding steroid dienone is 8. The number of carbonyl (C=O) groups is 3. The van der Waals surface area contributed by atoms with Crippen LogP contribution in [0.1, 0.15) is 316 Å². The van der Waals surface area contributed by atoms with Gasteiger partial charge in [0.1, 0.15) is 13.2 Å². The summed E-state index contributed by atoms with van der Waals surface area (Å²) in [6, 6.07) is 0. The Bertz CT molecular complexity index is 1200. The monoisotopic (exact) mass is 967 g/mol. The maximum atomic E-state index is 12.9. The van der Waals surface area contributed by atoms with E-state index in [1.807, 2.05) is 0 Å². The summed E-state index contributed by atoms with van der Waals surface area (Å²) in [5.74, 6) is -0.886. The van der Waals surface area contributed by atoms with Gasteiger partial charge in [-0.05, 0) is 103 Å². The molecule has 0 bridgehead atoms. The summed E-state index contributed by atoms with van der Waals surface area (Å²) in [6.07, 6.45) is 71.0. The molecule has 0 radical (unpaired) electrons. The zero-order valence-corrected chi connectivity index (χ0v) is 46.1. The lowest BCUT2D eigenvalue weighted by Gasteiger charge is -2.18. The van der Waals surface area contributed by atoms with Crippen molar-refractivity contribution in [2.24, 2.45) is 0 Å². The topological polar surface area (TPSA) is 78.9 Å². The Kier molecular flexibility index (Phi) is 55.7. The van der Waals surface area contributed by atoms with Gasteiger partial charge in [-0.25, -0.2) is 0 Å². The van der Waals surface area contributed by atoms with Crippen LogP contribution in [-0.2, 0) is 28.6 Å². The highest BCUT2D eigenvalue weighted by Crippen LogP contribution is 2.16. The van der Waals surface area contributed by atoms with Crippen LogP contribution < -0.4 is 0 Å². The zero-order chi connectivity index (χ0) is 50.0. The molecule has 6 heteroatoms. The van der Waals surface area contributed by atoms with E-state index in [4.69, 9.17) is 14.2 Å². The maximum absolute atomic E-state index is 12.9. The molecule has 0 N–H and O–H groups in total. The number of hydrogen-bond acceptors (Lipinski definition) is 6. The minimum atomic E-state index is -0.782. The lowest BCUT2D eigenvalue weighted by molar-refractivity contribution is -0.167. The molecule has 0 aromatic rings. The van der Waals surface area contributed by atoms with Gasteiger partial charge in [0.15, 0.2) is 6.10 Å². The predicted molar refractivity (Wildman–Crippen MR) is 298 cm³/mol. The molecule has 0 spiro atoms. The molecule has 69 heavy (non-hydrogen) atoms. The Balaban J connectivity index is 4.35. The minimum absolute atomic E-state index is 0.0796. The molecule has 0 aromatic carbocycles. The van der Waals surface area contributed by atoms with Gasteiger partial charge in [0.05, 0.1) is 0 Å². The van der Waals surface area contributed by atoms with Gasteiger partial charge in [0.25, 0.3) is 0 Å². The average Bonchev–Trinajstić information content (AvgIpc) is 3.35. The van der Waals surface area contributed by atoms with Crippen LogP contribution in [0, 0.1) is 0 Å². The molecule has 0 saturated heterocycles. The third kappa shape index (κ3) is 56.2. The van der Waals surface area contributed by atoms with E-state index >= 15 is 0 Å². The van der Waals surface area contributed by atoms with E-state index in [1.165, 1.54) is 193 Å². The summed E-state index contributed by atoms with van der Waals surface area (Å²) in [5, 5.41) is 0. The molecule has 0 aliphatic rings. The van der Waals surface area contributed by atoms with Crippen LogP contribution in [-0.4, -0.2) is 37.2 Å². The molecule has 0 fully saturated rings. The molecule has 402 valence electrons. The first-order valence-corrected chi connectivity index (χ1v) is 30.1. The van der Waals surface area contributed by atoms with Gasteiger partial charge in [-0.3, -0.25) is 14.4 Å². The zero-order valence-electron chi connectivity index (χ0n) is 46.1. The van der Waals surface area contributed by atoms with Gasteiger partial charge >= 0.3 is 17.9 Å². The molecule has 0 aliphatic carbocycles. The van der Waals surface area contributed by atoms with Crippen LogP contribution in [0.25, 0.3) is 0 Å². The van der Waals surface area contributed by atoms with E-state index in [0.717, 1.165) is 83.5 Å². The van der Waals surface area contributed by atoms with Crippen molar-refractivity contribution in [1.82, 2.24) is 0 Å². The minimum Gasteiger partial charge on any atom is -0.462 e. The second-order valence-corrected chi connectivity index (χ2v) is 20.2. The van der Waals surface area contributed by atoms with Crippen molar-refractivity contribution in [2.45, 2.75) is 322 Å². The molecule has 1 atom stereocenters. The highest BCUT2D eigenvalue weighted by Gasteiger charge is 2.19. The number of hydrogen-bond donors (Lipinski definition) is 0. The van der Waals surface area contributed by atoms with E-state index in [1.54, 1.807) is 0 Å². The normalized spacial score (nSPS) is 12.3. The average molecular weight is 968 g/mol. The molecular weight excluding hydrogens is 853 g/mol. The van der Waals surface area contributed by atoms with E-state index in [2.05, 4.69) is 69.4 Å². The van der Waals surface area contributed by atoms with Crippen LogP contribution in [0.4, 0.5) is 0 Å². The molecule has 6 nitrogen and oxygen atoms in total. The fourth-order valence-corrected chi connectivity index (χ4v) is 8.70. The van der Waals surface area contributed by atoms with Crippen LogP contribution in [0.5, 0.6) is 0 Å². The SMILES string of the molecule is CCCCCCC/C=C\C/C=C\CCCCCCCCCCCC(=O)OCC(COC(=O)CCCCCCC/C=C\CCCCCCCC)OC(=O)CCCCCCC/C=C\CCCCCCCC. The number of ether oxygens (including phenoxy) is 3. The maximum Gasteiger partial charge on any atom is 0.306 e. The fraction of sp³-hybridized carbons (Fsp3) is 0.825. The van der Waals surface area contributed by atoms with Crippen molar-refractivity contribution in [1.29, 1.82) is 0 Å². The van der Waals surface area contributed by atoms with E-state index in [0.29, 0.717) is 19.3 Å². The molecule has 0 rings (SSSR count). The van der Waals surface area contributed by atoms with E-state index in [9.17, 15) is 14.4 Å². The van der Waals surface area contributed by atoms with Gasteiger partial charge in [0, 0.05) is 19.3 Å². The summed E-state index contributed by atoms with van der Waals surface area (Å²) >= 11 is 0. The number of esters is 3. The highest BCUT2D eigenvalue weighted by molar-refractivity contribution is 5.71. The van der Waals surface area contributed by atoms with Crippen LogP contribution in [0.3, 0.4) is 0 Å². The summed E-state index contributed by atoms with van der Waals surface area (Å²) in [5.41, 5.74) is 0. The molecule has 0 amide bonds. The first-order chi connectivity index (χ1) is 34.0. The Morgan fingerprint density at radius 3 is 0.812 bits per heavy atom. The fourth-order valence-electron chi connectivity index (χ4n) is 8.70. The summed E-state index contributed by atoms with van der Waals surface area (Å²) in [6.45, 7) is 6.64. The van der Waals surface area contributed by atoms with Crippen molar-refractivity contribution in [2.75, 3.05) is 13.2 Å². The predicted octanol–water partition coefficient (Wildman–Crippen LogP) is 20.2. The molecule has 0 aromatic heterocycles. The third-order valence-corrected chi connectivity index (χ3v) is 13.3. The first kappa shape index (κ1) is 66.4. The Hall–Kier alpha value is -2.63. The Morgan fingerprint density at radius 2 is 0.522 bits per heavy atom. The van der Waals surface area contributed by atoms with Gasteiger partial charge in [-0.1, -0.05) is 243 Å². The lowest BCUT2D eigenvalue weighted by Crippen LogP contribution is -2.30. The third-order valence-electron chi connectivity index (χ3n) is 13.3. The Labute approximate surface area is 428 Å². The Morgan fingerprint density at radius 1 is 0.290 bits per heavy atom. The van der Waals surface area contributed by atoms with Gasteiger partial charge in [0.2, 0.25) is 0 Å². The van der Waals surface area contributed by atoms with Crippen molar-refractivity contribution >= 4 is 17.9 Å². The molecule has 0 aliphatic heterocycles. The second-order valence-electron chi connectivity index (χ2n) is 20.2. The van der Waals surface area contributed by atoms with Gasteiger partial charge < -0.3 is 14.2 Å². The number of unbranched alkanes of at least 4 members (excludes halogenated alkanes) is 36. The molecular formula is C63H114O6. The van der Waals surface area contributed by atoms with Crippen molar-refractivity contribution < 1.29 is 28.6 Å². The van der Waals surface area contributed by atoms with E-state index < -0.39 is 6.10 Å². The number of rotatable bonds is 55. The van der Waals surface area contributed by atoms with Gasteiger partial charge in [-0.15, -0.1) is 0 Å². The van der Waals surface area contributed by atoms with E-state index in [-0.39, 0.29) is 31.1 Å². The molecule has 0 saturated carbocycles. The van der Waals surface area contributed by atoms with Gasteiger partial charge in [-0.2, -0.15) is 0 Å².